The molecule has 0 radical (unpaired) electrons. The first-order chi connectivity index (χ1) is 8.12. The SMILES string of the molecule is CCC(CBr)NC(=O)c1cc(SC)ccc1Cl. The topological polar surface area (TPSA) is 29.1 Å². The van der Waals surface area contributed by atoms with E-state index in [4.69, 9.17) is 11.6 Å². The number of alkyl halides is 1. The molecule has 0 aromatic heterocycles. The van der Waals surface area contributed by atoms with Crippen LogP contribution in [0.25, 0.3) is 0 Å². The zero-order valence-corrected chi connectivity index (χ0v) is 13.0. The number of hydrogen-bond acceptors (Lipinski definition) is 2. The highest BCUT2D eigenvalue weighted by Gasteiger charge is 2.14. The number of hydrogen-bond donors (Lipinski definition) is 1. The monoisotopic (exact) mass is 335 g/mol. The molecule has 0 saturated heterocycles. The number of thioether (sulfide) groups is 1. The van der Waals surface area contributed by atoms with E-state index in [0.29, 0.717) is 10.6 Å². The third-order valence-corrected chi connectivity index (χ3v) is 4.27. The van der Waals surface area contributed by atoms with Gasteiger partial charge in [-0.05, 0) is 30.9 Å². The van der Waals surface area contributed by atoms with Gasteiger partial charge < -0.3 is 5.32 Å². The highest BCUT2D eigenvalue weighted by Crippen LogP contribution is 2.23. The lowest BCUT2D eigenvalue weighted by molar-refractivity contribution is 0.0940. The quantitative estimate of drug-likeness (QED) is 0.651. The van der Waals surface area contributed by atoms with Crippen molar-refractivity contribution in [1.29, 1.82) is 0 Å². The van der Waals surface area contributed by atoms with Gasteiger partial charge in [-0.3, -0.25) is 4.79 Å². The van der Waals surface area contributed by atoms with Crippen molar-refractivity contribution in [1.82, 2.24) is 5.32 Å². The second kappa shape index (κ2) is 7.29. The van der Waals surface area contributed by atoms with Crippen molar-refractivity contribution in [2.24, 2.45) is 0 Å². The van der Waals surface area contributed by atoms with Crippen molar-refractivity contribution < 1.29 is 4.79 Å². The first-order valence-corrected chi connectivity index (χ1v) is 8.05. The summed E-state index contributed by atoms with van der Waals surface area (Å²) in [6, 6.07) is 5.63. The molecule has 0 heterocycles. The van der Waals surface area contributed by atoms with E-state index >= 15 is 0 Å². The molecule has 94 valence electrons. The average Bonchev–Trinajstić information content (AvgIpc) is 2.36. The summed E-state index contributed by atoms with van der Waals surface area (Å²) in [7, 11) is 0. The molecule has 0 aliphatic heterocycles. The van der Waals surface area contributed by atoms with Crippen molar-refractivity contribution in [3.8, 4) is 0 Å². The molecular formula is C12H15BrClNOS. The molecule has 1 atom stereocenters. The van der Waals surface area contributed by atoms with E-state index in [1.165, 1.54) is 0 Å². The molecule has 2 nitrogen and oxygen atoms in total. The number of benzene rings is 1. The summed E-state index contributed by atoms with van der Waals surface area (Å²) in [5.74, 6) is -0.114. The maximum Gasteiger partial charge on any atom is 0.253 e. The summed E-state index contributed by atoms with van der Waals surface area (Å²) >= 11 is 11.0. The molecular weight excluding hydrogens is 322 g/mol. The lowest BCUT2D eigenvalue weighted by Gasteiger charge is -2.14. The van der Waals surface area contributed by atoms with Crippen molar-refractivity contribution in [2.75, 3.05) is 11.6 Å². The van der Waals surface area contributed by atoms with Crippen LogP contribution in [0, 0.1) is 0 Å². The number of rotatable bonds is 5. The molecule has 1 amide bonds. The Hall–Kier alpha value is -0.190. The predicted octanol–water partition coefficient (Wildman–Crippen LogP) is 3.97. The van der Waals surface area contributed by atoms with E-state index in [2.05, 4.69) is 21.2 Å². The lowest BCUT2D eigenvalue weighted by Crippen LogP contribution is -2.35. The third kappa shape index (κ3) is 4.19. The smallest absolute Gasteiger partial charge is 0.253 e. The standard InChI is InChI=1S/C12H15BrClNOS/c1-3-8(7-13)15-12(16)10-6-9(17-2)4-5-11(10)14/h4-6,8H,3,7H2,1-2H3,(H,15,16). The zero-order chi connectivity index (χ0) is 12.8. The highest BCUT2D eigenvalue weighted by molar-refractivity contribution is 9.09. The molecule has 0 aliphatic rings. The second-order valence-corrected chi connectivity index (χ2v) is 5.51. The van der Waals surface area contributed by atoms with Gasteiger partial charge in [0, 0.05) is 16.3 Å². The van der Waals surface area contributed by atoms with Crippen LogP contribution in [0.1, 0.15) is 23.7 Å². The van der Waals surface area contributed by atoms with Crippen LogP contribution in [-0.4, -0.2) is 23.5 Å². The van der Waals surface area contributed by atoms with Crippen LogP contribution in [0.3, 0.4) is 0 Å². The minimum Gasteiger partial charge on any atom is -0.348 e. The first kappa shape index (κ1) is 14.9. The fraction of sp³-hybridized carbons (Fsp3) is 0.417. The van der Waals surface area contributed by atoms with Crippen molar-refractivity contribution in [3.05, 3.63) is 28.8 Å². The van der Waals surface area contributed by atoms with Crippen LogP contribution in [0.4, 0.5) is 0 Å². The average molecular weight is 337 g/mol. The summed E-state index contributed by atoms with van der Waals surface area (Å²) < 4.78 is 0. The summed E-state index contributed by atoms with van der Waals surface area (Å²) in [5.41, 5.74) is 0.540. The molecule has 0 aliphatic carbocycles. The van der Waals surface area contributed by atoms with Gasteiger partial charge >= 0.3 is 0 Å². The molecule has 1 N–H and O–H groups in total. The second-order valence-electron chi connectivity index (χ2n) is 3.58. The minimum absolute atomic E-state index is 0.114. The molecule has 17 heavy (non-hydrogen) atoms. The Labute approximate surface area is 120 Å². The molecule has 1 rings (SSSR count). The van der Waals surface area contributed by atoms with E-state index in [9.17, 15) is 4.79 Å². The number of nitrogens with one attached hydrogen (secondary N) is 1. The number of amides is 1. The largest absolute Gasteiger partial charge is 0.348 e. The van der Waals surface area contributed by atoms with E-state index in [1.807, 2.05) is 25.3 Å². The first-order valence-electron chi connectivity index (χ1n) is 5.32. The molecule has 0 bridgehead atoms. The Morgan fingerprint density at radius 2 is 2.29 bits per heavy atom. The molecule has 5 heteroatoms. The normalized spacial score (nSPS) is 12.2. The van der Waals surface area contributed by atoms with Crippen LogP contribution >= 0.6 is 39.3 Å². The summed E-state index contributed by atoms with van der Waals surface area (Å²) in [5, 5.41) is 4.18. The van der Waals surface area contributed by atoms with Crippen LogP contribution in [0.15, 0.2) is 23.1 Å². The Morgan fingerprint density at radius 1 is 1.59 bits per heavy atom. The molecule has 0 fully saturated rings. The van der Waals surface area contributed by atoms with E-state index < -0.39 is 0 Å². The summed E-state index contributed by atoms with van der Waals surface area (Å²) in [6.45, 7) is 2.03. The van der Waals surface area contributed by atoms with Crippen molar-refractivity contribution in [3.63, 3.8) is 0 Å². The summed E-state index contributed by atoms with van der Waals surface area (Å²) in [6.07, 6.45) is 2.86. The van der Waals surface area contributed by atoms with Gasteiger partial charge in [-0.1, -0.05) is 34.5 Å². The Morgan fingerprint density at radius 3 is 2.82 bits per heavy atom. The Balaban J connectivity index is 2.87. The van der Waals surface area contributed by atoms with Gasteiger partial charge in [0.15, 0.2) is 0 Å². The minimum atomic E-state index is -0.114. The van der Waals surface area contributed by atoms with Gasteiger partial charge in [-0.15, -0.1) is 11.8 Å². The summed E-state index contributed by atoms with van der Waals surface area (Å²) in [4.78, 5) is 13.1. The van der Waals surface area contributed by atoms with Crippen LogP contribution in [0.2, 0.25) is 5.02 Å². The number of carbonyl (C=O) groups is 1. The van der Waals surface area contributed by atoms with Gasteiger partial charge in [-0.25, -0.2) is 0 Å². The Bertz CT molecular complexity index is 396. The fourth-order valence-electron chi connectivity index (χ4n) is 1.32. The van der Waals surface area contributed by atoms with Crippen LogP contribution in [-0.2, 0) is 0 Å². The Kier molecular flexibility index (Phi) is 6.38. The van der Waals surface area contributed by atoms with Gasteiger partial charge in [0.05, 0.1) is 10.6 Å². The van der Waals surface area contributed by atoms with E-state index in [0.717, 1.165) is 16.6 Å². The predicted molar refractivity (Wildman–Crippen MR) is 78.6 cm³/mol. The number of halogens is 2. The molecule has 1 aromatic rings. The molecule has 0 spiro atoms. The maximum atomic E-state index is 12.0. The highest BCUT2D eigenvalue weighted by atomic mass is 79.9. The van der Waals surface area contributed by atoms with Crippen molar-refractivity contribution in [2.45, 2.75) is 24.3 Å². The van der Waals surface area contributed by atoms with Crippen LogP contribution in [0.5, 0.6) is 0 Å². The van der Waals surface area contributed by atoms with Gasteiger partial charge in [0.25, 0.3) is 5.91 Å². The number of carbonyl (C=O) groups excluding carboxylic acids is 1. The van der Waals surface area contributed by atoms with Gasteiger partial charge in [-0.2, -0.15) is 0 Å². The third-order valence-electron chi connectivity index (χ3n) is 2.43. The molecule has 0 saturated carbocycles. The van der Waals surface area contributed by atoms with Crippen molar-refractivity contribution >= 4 is 45.2 Å². The van der Waals surface area contributed by atoms with Crippen LogP contribution < -0.4 is 5.32 Å². The van der Waals surface area contributed by atoms with Gasteiger partial charge in [0.2, 0.25) is 0 Å². The molecule has 1 unspecified atom stereocenters. The fourth-order valence-corrected chi connectivity index (χ4v) is 2.58. The zero-order valence-electron chi connectivity index (χ0n) is 9.80. The lowest BCUT2D eigenvalue weighted by atomic mass is 10.2. The van der Waals surface area contributed by atoms with Gasteiger partial charge in [0.1, 0.15) is 0 Å². The van der Waals surface area contributed by atoms with E-state index in [1.54, 1.807) is 17.8 Å². The maximum absolute atomic E-state index is 12.0. The molecule has 1 aromatic carbocycles. The van der Waals surface area contributed by atoms with E-state index in [-0.39, 0.29) is 11.9 Å².